The summed E-state index contributed by atoms with van der Waals surface area (Å²) in [5.74, 6) is 1.09. The van der Waals surface area contributed by atoms with E-state index in [4.69, 9.17) is 5.11 Å². The molecule has 2 heterocycles. The van der Waals surface area contributed by atoms with Crippen molar-refractivity contribution in [1.29, 1.82) is 0 Å². The maximum Gasteiger partial charge on any atom is 0.305 e. The molecule has 1 N–H and O–H groups in total. The summed E-state index contributed by atoms with van der Waals surface area (Å²) in [6.07, 6.45) is 5.48. The normalized spacial score (nSPS) is 15.8. The van der Waals surface area contributed by atoms with Gasteiger partial charge in [0.2, 0.25) is 0 Å². The van der Waals surface area contributed by atoms with E-state index in [1.807, 2.05) is 6.20 Å². The Morgan fingerprint density at radius 1 is 1.36 bits per heavy atom. The monoisotopic (exact) mass is 305 g/mol. The smallest absolute Gasteiger partial charge is 0.305 e. The second-order valence-corrected chi connectivity index (χ2v) is 6.17. The van der Waals surface area contributed by atoms with Crippen LogP contribution < -0.4 is 9.80 Å². The van der Waals surface area contributed by atoms with Crippen LogP contribution in [0, 0.1) is 5.92 Å². The van der Waals surface area contributed by atoms with Gasteiger partial charge in [0.25, 0.3) is 0 Å². The largest absolute Gasteiger partial charge is 0.481 e. The minimum atomic E-state index is -0.756. The molecule has 1 saturated heterocycles. The molecule has 0 aliphatic carbocycles. The first kappa shape index (κ1) is 16.6. The molecule has 5 nitrogen and oxygen atoms in total. The highest BCUT2D eigenvalue weighted by atomic mass is 16.4. The topological polar surface area (TPSA) is 56.7 Å². The number of aliphatic carboxylic acids is 1. The van der Waals surface area contributed by atoms with Gasteiger partial charge in [0.05, 0.1) is 18.3 Å². The third kappa shape index (κ3) is 4.61. The van der Waals surface area contributed by atoms with E-state index in [0.717, 1.165) is 43.5 Å². The Kier molecular flexibility index (Phi) is 6.04. The van der Waals surface area contributed by atoms with Gasteiger partial charge in [-0.05, 0) is 37.3 Å². The zero-order valence-electron chi connectivity index (χ0n) is 13.7. The molecule has 1 aliphatic rings. The summed E-state index contributed by atoms with van der Waals surface area (Å²) in [7, 11) is 0. The van der Waals surface area contributed by atoms with Gasteiger partial charge in [-0.2, -0.15) is 0 Å². The first-order chi connectivity index (χ1) is 10.6. The fraction of sp³-hybridized carbons (Fsp3) is 0.647. The van der Waals surface area contributed by atoms with Crippen molar-refractivity contribution in [2.45, 2.75) is 39.5 Å². The predicted octanol–water partition coefficient (Wildman–Crippen LogP) is 3.01. The lowest BCUT2D eigenvalue weighted by Crippen LogP contribution is -2.33. The van der Waals surface area contributed by atoms with Crippen molar-refractivity contribution in [1.82, 2.24) is 4.98 Å². The van der Waals surface area contributed by atoms with E-state index in [1.54, 1.807) is 0 Å². The fourth-order valence-corrected chi connectivity index (χ4v) is 2.86. The van der Waals surface area contributed by atoms with Crippen LogP contribution in [0.1, 0.15) is 39.5 Å². The molecule has 0 amide bonds. The van der Waals surface area contributed by atoms with Crippen molar-refractivity contribution in [3.05, 3.63) is 18.3 Å². The number of hydrogen-bond donors (Lipinski definition) is 1. The number of anilines is 2. The molecule has 1 aromatic heterocycles. The Labute approximate surface area is 132 Å². The summed E-state index contributed by atoms with van der Waals surface area (Å²) >= 11 is 0. The SMILES string of the molecule is CCCN(CCC(=O)O)c1ccc(N2CCC(C)CC2)nc1. The number of carboxylic acid groups (broad SMARTS) is 1. The Bertz CT molecular complexity index is 467. The molecule has 1 aliphatic heterocycles. The summed E-state index contributed by atoms with van der Waals surface area (Å²) in [6.45, 7) is 7.95. The molecule has 22 heavy (non-hydrogen) atoms. The van der Waals surface area contributed by atoms with E-state index in [1.165, 1.54) is 12.8 Å². The van der Waals surface area contributed by atoms with Crippen molar-refractivity contribution in [3.63, 3.8) is 0 Å². The van der Waals surface area contributed by atoms with Gasteiger partial charge in [0.1, 0.15) is 5.82 Å². The third-order valence-electron chi connectivity index (χ3n) is 4.29. The highest BCUT2D eigenvalue weighted by Crippen LogP contribution is 2.23. The van der Waals surface area contributed by atoms with Crippen molar-refractivity contribution in [3.8, 4) is 0 Å². The van der Waals surface area contributed by atoms with Crippen molar-refractivity contribution in [2.75, 3.05) is 36.0 Å². The Balaban J connectivity index is 2.00. The number of nitrogens with zero attached hydrogens (tertiary/aromatic N) is 3. The second kappa shape index (κ2) is 8.01. The van der Waals surface area contributed by atoms with Gasteiger partial charge in [0, 0.05) is 26.2 Å². The van der Waals surface area contributed by atoms with E-state index in [-0.39, 0.29) is 6.42 Å². The quantitative estimate of drug-likeness (QED) is 0.839. The molecule has 122 valence electrons. The molecule has 2 rings (SSSR count). The molecule has 0 saturated carbocycles. The molecular formula is C17H27N3O2. The van der Waals surface area contributed by atoms with Gasteiger partial charge in [-0.3, -0.25) is 4.79 Å². The van der Waals surface area contributed by atoms with Crippen molar-refractivity contribution < 1.29 is 9.90 Å². The summed E-state index contributed by atoms with van der Waals surface area (Å²) < 4.78 is 0. The standard InChI is InChI=1S/C17H27N3O2/c1-3-9-19(12-8-17(21)22)15-4-5-16(18-13-15)20-10-6-14(2)7-11-20/h4-5,13-14H,3,6-12H2,1-2H3,(H,21,22). The lowest BCUT2D eigenvalue weighted by Gasteiger charge is -2.31. The van der Waals surface area contributed by atoms with Crippen LogP contribution in [0.2, 0.25) is 0 Å². The molecule has 0 radical (unpaired) electrons. The maximum absolute atomic E-state index is 10.8. The van der Waals surface area contributed by atoms with Crippen LogP contribution in [0.3, 0.4) is 0 Å². The minimum absolute atomic E-state index is 0.158. The van der Waals surface area contributed by atoms with Crippen LogP contribution in [0.5, 0.6) is 0 Å². The summed E-state index contributed by atoms with van der Waals surface area (Å²) in [5.41, 5.74) is 1.01. The molecule has 1 fully saturated rings. The van der Waals surface area contributed by atoms with Crippen LogP contribution >= 0.6 is 0 Å². The van der Waals surface area contributed by atoms with E-state index in [9.17, 15) is 4.79 Å². The number of rotatable bonds is 7. The molecule has 5 heteroatoms. The van der Waals surface area contributed by atoms with Gasteiger partial charge in [-0.25, -0.2) is 4.98 Å². The van der Waals surface area contributed by atoms with E-state index < -0.39 is 5.97 Å². The zero-order chi connectivity index (χ0) is 15.9. The number of aromatic nitrogens is 1. The molecule has 0 spiro atoms. The van der Waals surface area contributed by atoms with Crippen LogP contribution in [-0.4, -0.2) is 42.2 Å². The van der Waals surface area contributed by atoms with Gasteiger partial charge >= 0.3 is 5.97 Å². The van der Waals surface area contributed by atoms with Crippen LogP contribution in [0.4, 0.5) is 11.5 Å². The summed E-state index contributed by atoms with van der Waals surface area (Å²) in [4.78, 5) is 19.8. The third-order valence-corrected chi connectivity index (χ3v) is 4.29. The molecule has 0 aromatic carbocycles. The number of hydrogen-bond acceptors (Lipinski definition) is 4. The van der Waals surface area contributed by atoms with Gasteiger partial charge in [0.15, 0.2) is 0 Å². The number of carboxylic acids is 1. The number of pyridine rings is 1. The van der Waals surface area contributed by atoms with E-state index in [0.29, 0.717) is 6.54 Å². The average Bonchev–Trinajstić information content (AvgIpc) is 2.52. The molecule has 1 aromatic rings. The number of carbonyl (C=O) groups is 1. The maximum atomic E-state index is 10.8. The fourth-order valence-electron chi connectivity index (χ4n) is 2.86. The molecular weight excluding hydrogens is 278 g/mol. The summed E-state index contributed by atoms with van der Waals surface area (Å²) in [6, 6.07) is 4.13. The Hall–Kier alpha value is -1.78. The van der Waals surface area contributed by atoms with Crippen molar-refractivity contribution >= 4 is 17.5 Å². The lowest BCUT2D eigenvalue weighted by atomic mass is 9.99. The van der Waals surface area contributed by atoms with Crippen LogP contribution in [0.15, 0.2) is 18.3 Å². The Morgan fingerprint density at radius 3 is 2.64 bits per heavy atom. The molecule has 0 bridgehead atoms. The minimum Gasteiger partial charge on any atom is -0.481 e. The second-order valence-electron chi connectivity index (χ2n) is 6.17. The van der Waals surface area contributed by atoms with E-state index >= 15 is 0 Å². The van der Waals surface area contributed by atoms with Crippen molar-refractivity contribution in [2.24, 2.45) is 5.92 Å². The van der Waals surface area contributed by atoms with Crippen LogP contribution in [0.25, 0.3) is 0 Å². The first-order valence-corrected chi connectivity index (χ1v) is 8.28. The highest BCUT2D eigenvalue weighted by molar-refractivity contribution is 5.67. The Morgan fingerprint density at radius 2 is 2.09 bits per heavy atom. The van der Waals surface area contributed by atoms with Gasteiger partial charge in [-0.1, -0.05) is 13.8 Å². The molecule has 0 atom stereocenters. The van der Waals surface area contributed by atoms with Gasteiger partial charge in [-0.15, -0.1) is 0 Å². The van der Waals surface area contributed by atoms with Crippen LogP contribution in [-0.2, 0) is 4.79 Å². The van der Waals surface area contributed by atoms with E-state index in [2.05, 4.69) is 40.8 Å². The summed E-state index contributed by atoms with van der Waals surface area (Å²) in [5, 5.41) is 8.86. The molecule has 0 unspecified atom stereocenters. The average molecular weight is 305 g/mol. The number of piperidine rings is 1. The first-order valence-electron chi connectivity index (χ1n) is 8.28. The van der Waals surface area contributed by atoms with Gasteiger partial charge < -0.3 is 14.9 Å². The lowest BCUT2D eigenvalue weighted by molar-refractivity contribution is -0.136. The predicted molar refractivity (Wildman–Crippen MR) is 89.6 cm³/mol. The highest BCUT2D eigenvalue weighted by Gasteiger charge is 2.17. The zero-order valence-corrected chi connectivity index (χ0v) is 13.7.